The Morgan fingerprint density at radius 1 is 1.57 bits per heavy atom. The minimum absolute atomic E-state index is 0.0230. The van der Waals surface area contributed by atoms with Crippen molar-refractivity contribution in [1.29, 1.82) is 0 Å². The molecule has 0 aliphatic rings. The molecule has 0 unspecified atom stereocenters. The lowest BCUT2D eigenvalue weighted by atomic mass is 10.1. The highest BCUT2D eigenvalue weighted by Gasteiger charge is 2.09. The van der Waals surface area contributed by atoms with Gasteiger partial charge in [-0.3, -0.25) is 4.79 Å². The van der Waals surface area contributed by atoms with Gasteiger partial charge in [-0.1, -0.05) is 0 Å². The molecule has 2 N–H and O–H groups in total. The van der Waals surface area contributed by atoms with Crippen LogP contribution in [0, 0.1) is 0 Å². The van der Waals surface area contributed by atoms with Crippen molar-refractivity contribution in [1.82, 2.24) is 0 Å². The van der Waals surface area contributed by atoms with Crippen molar-refractivity contribution < 1.29 is 9.53 Å². The Hall–Kier alpha value is -1.03. The van der Waals surface area contributed by atoms with Crippen LogP contribution >= 0.6 is 15.9 Å². The van der Waals surface area contributed by atoms with E-state index in [1.54, 1.807) is 12.1 Å². The molecule has 1 rings (SSSR count). The zero-order valence-corrected chi connectivity index (χ0v) is 9.72. The van der Waals surface area contributed by atoms with Crippen molar-refractivity contribution in [2.75, 3.05) is 12.3 Å². The van der Waals surface area contributed by atoms with E-state index < -0.39 is 0 Å². The van der Waals surface area contributed by atoms with Gasteiger partial charge in [0.05, 0.1) is 16.8 Å². The number of carbonyl (C=O) groups excluding carboxylic acids is 1. The van der Waals surface area contributed by atoms with E-state index in [1.807, 2.05) is 6.92 Å². The maximum absolute atomic E-state index is 11.1. The van der Waals surface area contributed by atoms with Gasteiger partial charge < -0.3 is 10.5 Å². The minimum Gasteiger partial charge on any atom is -0.493 e. The number of benzene rings is 1. The van der Waals surface area contributed by atoms with E-state index in [1.165, 1.54) is 6.92 Å². The summed E-state index contributed by atoms with van der Waals surface area (Å²) in [5, 5.41) is 0. The highest BCUT2D eigenvalue weighted by molar-refractivity contribution is 9.10. The third kappa shape index (κ3) is 2.26. The van der Waals surface area contributed by atoms with Gasteiger partial charge >= 0.3 is 0 Å². The molecule has 0 heterocycles. The number of carbonyl (C=O) groups is 1. The van der Waals surface area contributed by atoms with Crippen LogP contribution in [0.3, 0.4) is 0 Å². The number of ether oxygens (including phenoxy) is 1. The molecule has 4 heteroatoms. The number of hydrogen-bond acceptors (Lipinski definition) is 3. The minimum atomic E-state index is -0.0230. The molecular formula is C10H12BrNO2. The molecule has 0 saturated carbocycles. The highest BCUT2D eigenvalue weighted by atomic mass is 79.9. The molecule has 0 aromatic heterocycles. The topological polar surface area (TPSA) is 52.3 Å². The molecule has 0 bridgehead atoms. The van der Waals surface area contributed by atoms with Gasteiger partial charge in [-0.2, -0.15) is 0 Å². The van der Waals surface area contributed by atoms with Crippen LogP contribution in [0.5, 0.6) is 5.75 Å². The predicted molar refractivity (Wildman–Crippen MR) is 59.7 cm³/mol. The van der Waals surface area contributed by atoms with E-state index >= 15 is 0 Å². The second-order valence-corrected chi connectivity index (χ2v) is 3.66. The average Bonchev–Trinajstić information content (AvgIpc) is 2.12. The summed E-state index contributed by atoms with van der Waals surface area (Å²) in [6, 6.07) is 3.32. The number of ketones is 1. The fourth-order valence-electron chi connectivity index (χ4n) is 1.08. The van der Waals surface area contributed by atoms with E-state index in [9.17, 15) is 4.79 Å². The molecule has 3 nitrogen and oxygen atoms in total. The van der Waals surface area contributed by atoms with Crippen LogP contribution in [0.15, 0.2) is 16.6 Å². The lowest BCUT2D eigenvalue weighted by Crippen LogP contribution is -2.00. The Bertz CT molecular complexity index is 363. The maximum Gasteiger partial charge on any atom is 0.160 e. The summed E-state index contributed by atoms with van der Waals surface area (Å²) in [4.78, 5) is 11.1. The molecule has 1 aromatic rings. The van der Waals surface area contributed by atoms with Gasteiger partial charge in [0.2, 0.25) is 0 Å². The summed E-state index contributed by atoms with van der Waals surface area (Å²) in [7, 11) is 0. The molecular weight excluding hydrogens is 246 g/mol. The molecule has 0 radical (unpaired) electrons. The molecule has 0 atom stereocenters. The van der Waals surface area contributed by atoms with Crippen LogP contribution in [-0.4, -0.2) is 12.4 Å². The van der Waals surface area contributed by atoms with Gasteiger partial charge in [0, 0.05) is 5.56 Å². The Morgan fingerprint density at radius 3 is 2.71 bits per heavy atom. The number of anilines is 1. The van der Waals surface area contributed by atoms with Crippen molar-refractivity contribution in [2.45, 2.75) is 13.8 Å². The molecule has 76 valence electrons. The van der Waals surface area contributed by atoms with Gasteiger partial charge in [0.25, 0.3) is 0 Å². The van der Waals surface area contributed by atoms with Gasteiger partial charge in [0.1, 0.15) is 5.75 Å². The maximum atomic E-state index is 11.1. The molecule has 0 fully saturated rings. The number of rotatable bonds is 3. The van der Waals surface area contributed by atoms with Crippen LogP contribution in [0.25, 0.3) is 0 Å². The van der Waals surface area contributed by atoms with Crippen molar-refractivity contribution in [3.63, 3.8) is 0 Å². The highest BCUT2D eigenvalue weighted by Crippen LogP contribution is 2.32. The number of halogens is 1. The number of nitrogens with two attached hydrogens (primary N) is 1. The van der Waals surface area contributed by atoms with Crippen LogP contribution in [0.2, 0.25) is 0 Å². The largest absolute Gasteiger partial charge is 0.493 e. The summed E-state index contributed by atoms with van der Waals surface area (Å²) in [6.45, 7) is 3.92. The Kier molecular flexibility index (Phi) is 3.52. The SMILES string of the molecule is CCOc1cc(C(C)=O)cc(N)c1Br. The summed E-state index contributed by atoms with van der Waals surface area (Å²) in [6.07, 6.45) is 0. The molecule has 0 saturated heterocycles. The summed E-state index contributed by atoms with van der Waals surface area (Å²) in [5.74, 6) is 0.586. The molecule has 0 aliphatic heterocycles. The zero-order valence-electron chi connectivity index (χ0n) is 8.13. The Balaban J connectivity index is 3.20. The van der Waals surface area contributed by atoms with Gasteiger partial charge in [0.15, 0.2) is 5.78 Å². The van der Waals surface area contributed by atoms with E-state index in [-0.39, 0.29) is 5.78 Å². The lowest BCUT2D eigenvalue weighted by molar-refractivity contribution is 0.101. The van der Waals surface area contributed by atoms with Crippen LogP contribution < -0.4 is 10.5 Å². The first-order valence-corrected chi connectivity index (χ1v) is 5.08. The first-order chi connectivity index (χ1) is 6.56. The molecule has 0 aliphatic carbocycles. The summed E-state index contributed by atoms with van der Waals surface area (Å²) in [5.41, 5.74) is 6.79. The van der Waals surface area contributed by atoms with Gasteiger partial charge in [-0.25, -0.2) is 0 Å². The second kappa shape index (κ2) is 4.46. The van der Waals surface area contributed by atoms with E-state index in [4.69, 9.17) is 10.5 Å². The first kappa shape index (κ1) is 11.0. The first-order valence-electron chi connectivity index (χ1n) is 4.29. The van der Waals surface area contributed by atoms with Crippen molar-refractivity contribution in [2.24, 2.45) is 0 Å². The quantitative estimate of drug-likeness (QED) is 0.669. The van der Waals surface area contributed by atoms with Crippen LogP contribution in [-0.2, 0) is 0 Å². The van der Waals surface area contributed by atoms with E-state index in [0.717, 1.165) is 0 Å². The Labute approximate surface area is 91.4 Å². The summed E-state index contributed by atoms with van der Waals surface area (Å²) >= 11 is 3.30. The lowest BCUT2D eigenvalue weighted by Gasteiger charge is -2.09. The molecule has 14 heavy (non-hydrogen) atoms. The summed E-state index contributed by atoms with van der Waals surface area (Å²) < 4.78 is 6.03. The molecule has 1 aromatic carbocycles. The van der Waals surface area contributed by atoms with Gasteiger partial charge in [-0.05, 0) is 41.9 Å². The van der Waals surface area contributed by atoms with Crippen molar-refractivity contribution in [3.05, 3.63) is 22.2 Å². The monoisotopic (exact) mass is 257 g/mol. The van der Waals surface area contributed by atoms with Gasteiger partial charge in [-0.15, -0.1) is 0 Å². The zero-order chi connectivity index (χ0) is 10.7. The Morgan fingerprint density at radius 2 is 2.21 bits per heavy atom. The second-order valence-electron chi connectivity index (χ2n) is 2.87. The average molecular weight is 258 g/mol. The van der Waals surface area contributed by atoms with Crippen LogP contribution in [0.1, 0.15) is 24.2 Å². The number of hydrogen-bond donors (Lipinski definition) is 1. The standard InChI is InChI=1S/C10H12BrNO2/c1-3-14-9-5-7(6(2)13)4-8(12)10(9)11/h4-5H,3,12H2,1-2H3. The van der Waals surface area contributed by atoms with Crippen molar-refractivity contribution >= 4 is 27.4 Å². The molecule has 0 amide bonds. The van der Waals surface area contributed by atoms with E-state index in [2.05, 4.69) is 15.9 Å². The number of nitrogen functional groups attached to an aromatic ring is 1. The smallest absolute Gasteiger partial charge is 0.160 e. The third-order valence-electron chi connectivity index (χ3n) is 1.77. The molecule has 0 spiro atoms. The van der Waals surface area contributed by atoms with Crippen molar-refractivity contribution in [3.8, 4) is 5.75 Å². The number of Topliss-reactive ketones (excluding diaryl/α,β-unsaturated/α-hetero) is 1. The van der Waals surface area contributed by atoms with Crippen LogP contribution in [0.4, 0.5) is 5.69 Å². The fraction of sp³-hybridized carbons (Fsp3) is 0.300. The fourth-order valence-corrected chi connectivity index (χ4v) is 1.43. The normalized spacial score (nSPS) is 9.93. The predicted octanol–water partition coefficient (Wildman–Crippen LogP) is 2.63. The third-order valence-corrected chi connectivity index (χ3v) is 2.62. The van der Waals surface area contributed by atoms with E-state index in [0.29, 0.717) is 28.1 Å².